The molecule has 0 aromatic carbocycles. The first kappa shape index (κ1) is 19.4. The van der Waals surface area contributed by atoms with Crippen LogP contribution in [0.2, 0.25) is 0 Å². The third kappa shape index (κ3) is 7.84. The molecule has 4 heteroatoms. The van der Waals surface area contributed by atoms with Crippen molar-refractivity contribution in [3.8, 4) is 6.07 Å². The summed E-state index contributed by atoms with van der Waals surface area (Å²) in [5.41, 5.74) is -0.429. The quantitative estimate of drug-likeness (QED) is 0.596. The summed E-state index contributed by atoms with van der Waals surface area (Å²) < 4.78 is 0. The molecule has 0 rings (SSSR count). The number of nitriles is 1. The zero-order valence-electron chi connectivity index (χ0n) is 14.2. The van der Waals surface area contributed by atoms with Gasteiger partial charge in [-0.05, 0) is 59.0 Å². The fourth-order valence-electron chi connectivity index (χ4n) is 2.39. The molecule has 118 valence electrons. The van der Waals surface area contributed by atoms with Crippen molar-refractivity contribution in [1.82, 2.24) is 15.1 Å². The second-order valence-corrected chi connectivity index (χ2v) is 5.62. The first-order chi connectivity index (χ1) is 9.55. The van der Waals surface area contributed by atoms with Crippen molar-refractivity contribution in [3.05, 3.63) is 0 Å². The number of nitrogens with one attached hydrogen (secondary N) is 1. The van der Waals surface area contributed by atoms with Crippen LogP contribution in [0.25, 0.3) is 0 Å². The normalized spacial score (nSPS) is 14.5. The molecule has 1 unspecified atom stereocenters. The van der Waals surface area contributed by atoms with Gasteiger partial charge in [0.1, 0.15) is 5.54 Å². The fourth-order valence-corrected chi connectivity index (χ4v) is 2.39. The monoisotopic (exact) mass is 282 g/mol. The van der Waals surface area contributed by atoms with Gasteiger partial charge < -0.3 is 9.80 Å². The van der Waals surface area contributed by atoms with E-state index in [1.807, 2.05) is 6.92 Å². The van der Waals surface area contributed by atoms with Crippen LogP contribution in [0.4, 0.5) is 0 Å². The average molecular weight is 282 g/mol. The van der Waals surface area contributed by atoms with Gasteiger partial charge in [0, 0.05) is 6.54 Å². The smallest absolute Gasteiger partial charge is 0.116 e. The Morgan fingerprint density at radius 1 is 1.00 bits per heavy atom. The summed E-state index contributed by atoms with van der Waals surface area (Å²) >= 11 is 0. The van der Waals surface area contributed by atoms with Gasteiger partial charge in [0.2, 0.25) is 0 Å². The average Bonchev–Trinajstić information content (AvgIpc) is 2.48. The Kier molecular flexibility index (Phi) is 10.7. The van der Waals surface area contributed by atoms with Gasteiger partial charge in [-0.1, -0.05) is 27.7 Å². The molecule has 0 aromatic heterocycles. The molecule has 1 N–H and O–H groups in total. The highest BCUT2D eigenvalue weighted by atomic mass is 15.2. The molecule has 0 heterocycles. The van der Waals surface area contributed by atoms with Crippen molar-refractivity contribution in [2.45, 2.75) is 53.0 Å². The molecule has 0 amide bonds. The predicted molar refractivity (Wildman–Crippen MR) is 86.8 cm³/mol. The first-order valence-electron chi connectivity index (χ1n) is 8.16. The van der Waals surface area contributed by atoms with Crippen molar-refractivity contribution in [2.75, 3.05) is 45.8 Å². The molecule has 0 fully saturated rings. The number of rotatable bonds is 12. The van der Waals surface area contributed by atoms with Crippen molar-refractivity contribution in [1.29, 1.82) is 5.26 Å². The van der Waals surface area contributed by atoms with Gasteiger partial charge in [0.25, 0.3) is 0 Å². The van der Waals surface area contributed by atoms with E-state index in [0.29, 0.717) is 0 Å². The highest BCUT2D eigenvalue weighted by Gasteiger charge is 2.25. The molecule has 4 nitrogen and oxygen atoms in total. The third-order valence-corrected chi connectivity index (χ3v) is 3.84. The largest absolute Gasteiger partial charge is 0.304 e. The summed E-state index contributed by atoms with van der Waals surface area (Å²) in [5, 5.41) is 12.8. The molecule has 0 aliphatic heterocycles. The molecular formula is C16H34N4. The van der Waals surface area contributed by atoms with Crippen LogP contribution in [0.5, 0.6) is 0 Å². The summed E-state index contributed by atoms with van der Waals surface area (Å²) in [7, 11) is 0. The van der Waals surface area contributed by atoms with E-state index in [4.69, 9.17) is 0 Å². The molecule has 0 aliphatic rings. The highest BCUT2D eigenvalue weighted by Crippen LogP contribution is 2.07. The second-order valence-electron chi connectivity index (χ2n) is 5.62. The standard InChI is InChI=1S/C16H34N4/c1-6-11-18-16(5,14-17)15-20(9-4)13-10-12-19(7-2)8-3/h18H,6-13,15H2,1-5H3. The lowest BCUT2D eigenvalue weighted by molar-refractivity contribution is 0.209. The summed E-state index contributed by atoms with van der Waals surface area (Å²) in [6, 6.07) is 2.44. The Bertz CT molecular complexity index is 270. The van der Waals surface area contributed by atoms with Gasteiger partial charge in [-0.2, -0.15) is 5.26 Å². The molecule has 0 aromatic rings. The van der Waals surface area contributed by atoms with Gasteiger partial charge in [-0.15, -0.1) is 0 Å². The minimum absolute atomic E-state index is 0.429. The molecule has 0 bridgehead atoms. The predicted octanol–water partition coefficient (Wildman–Crippen LogP) is 2.32. The van der Waals surface area contributed by atoms with Gasteiger partial charge in [0.15, 0.2) is 0 Å². The van der Waals surface area contributed by atoms with E-state index < -0.39 is 5.54 Å². The maximum absolute atomic E-state index is 9.40. The zero-order valence-corrected chi connectivity index (χ0v) is 14.2. The molecule has 0 aliphatic carbocycles. The van der Waals surface area contributed by atoms with Crippen LogP contribution in [-0.2, 0) is 0 Å². The Balaban J connectivity index is 4.21. The Hall–Kier alpha value is -0.630. The van der Waals surface area contributed by atoms with Crippen LogP contribution in [0.3, 0.4) is 0 Å². The van der Waals surface area contributed by atoms with E-state index in [1.165, 1.54) is 6.42 Å². The third-order valence-electron chi connectivity index (χ3n) is 3.84. The minimum Gasteiger partial charge on any atom is -0.304 e. The van der Waals surface area contributed by atoms with Crippen LogP contribution < -0.4 is 5.32 Å². The molecule has 20 heavy (non-hydrogen) atoms. The van der Waals surface area contributed by atoms with Crippen LogP contribution in [0, 0.1) is 11.3 Å². The molecule has 0 saturated heterocycles. The number of nitrogens with zero attached hydrogens (tertiary/aromatic N) is 3. The molecule has 0 spiro atoms. The summed E-state index contributed by atoms with van der Waals surface area (Å²) in [4.78, 5) is 4.84. The Labute approximate surface area is 126 Å². The van der Waals surface area contributed by atoms with E-state index in [0.717, 1.165) is 52.2 Å². The summed E-state index contributed by atoms with van der Waals surface area (Å²) in [6.45, 7) is 17.9. The van der Waals surface area contributed by atoms with E-state index >= 15 is 0 Å². The van der Waals surface area contributed by atoms with Crippen molar-refractivity contribution < 1.29 is 0 Å². The fraction of sp³-hybridized carbons (Fsp3) is 0.938. The first-order valence-corrected chi connectivity index (χ1v) is 8.16. The van der Waals surface area contributed by atoms with E-state index in [9.17, 15) is 5.26 Å². The van der Waals surface area contributed by atoms with Crippen molar-refractivity contribution >= 4 is 0 Å². The van der Waals surface area contributed by atoms with Crippen molar-refractivity contribution in [2.24, 2.45) is 0 Å². The van der Waals surface area contributed by atoms with Crippen LogP contribution in [0.15, 0.2) is 0 Å². The lowest BCUT2D eigenvalue weighted by Crippen LogP contribution is -2.51. The highest BCUT2D eigenvalue weighted by molar-refractivity contribution is 5.05. The van der Waals surface area contributed by atoms with Gasteiger partial charge in [0.05, 0.1) is 6.07 Å². The van der Waals surface area contributed by atoms with E-state index in [-0.39, 0.29) is 0 Å². The molecular weight excluding hydrogens is 248 g/mol. The topological polar surface area (TPSA) is 42.3 Å². The number of likely N-dealkylation sites (N-methyl/N-ethyl adjacent to an activating group) is 1. The van der Waals surface area contributed by atoms with E-state index in [2.05, 4.69) is 48.9 Å². The maximum Gasteiger partial charge on any atom is 0.116 e. The lowest BCUT2D eigenvalue weighted by Gasteiger charge is -2.31. The second kappa shape index (κ2) is 11.1. The Morgan fingerprint density at radius 3 is 2.00 bits per heavy atom. The number of hydrogen-bond acceptors (Lipinski definition) is 4. The molecule has 0 radical (unpaired) electrons. The van der Waals surface area contributed by atoms with Gasteiger partial charge >= 0.3 is 0 Å². The van der Waals surface area contributed by atoms with Gasteiger partial charge in [-0.3, -0.25) is 5.32 Å². The van der Waals surface area contributed by atoms with Crippen LogP contribution >= 0.6 is 0 Å². The summed E-state index contributed by atoms with van der Waals surface area (Å²) in [5.74, 6) is 0. The summed E-state index contributed by atoms with van der Waals surface area (Å²) in [6.07, 6.45) is 2.23. The molecule has 0 saturated carbocycles. The minimum atomic E-state index is -0.429. The van der Waals surface area contributed by atoms with E-state index in [1.54, 1.807) is 0 Å². The zero-order chi connectivity index (χ0) is 15.4. The lowest BCUT2D eigenvalue weighted by atomic mass is 10.0. The van der Waals surface area contributed by atoms with Gasteiger partial charge in [-0.25, -0.2) is 0 Å². The molecule has 1 atom stereocenters. The van der Waals surface area contributed by atoms with Crippen molar-refractivity contribution in [3.63, 3.8) is 0 Å². The van der Waals surface area contributed by atoms with Crippen LogP contribution in [0.1, 0.15) is 47.5 Å². The van der Waals surface area contributed by atoms with Crippen LogP contribution in [-0.4, -0.2) is 61.2 Å². The SMILES string of the molecule is CCCNC(C)(C#N)CN(CC)CCCN(CC)CC. The number of hydrogen-bond donors (Lipinski definition) is 1. The Morgan fingerprint density at radius 2 is 1.55 bits per heavy atom. The maximum atomic E-state index is 9.40.